The van der Waals surface area contributed by atoms with E-state index in [2.05, 4.69) is 16.6 Å². The van der Waals surface area contributed by atoms with E-state index in [1.54, 1.807) is 0 Å². The highest BCUT2D eigenvalue weighted by Crippen LogP contribution is 2.16. The number of rotatable bonds is 6. The fourth-order valence-electron chi connectivity index (χ4n) is 1.42. The zero-order chi connectivity index (χ0) is 15.1. The molecule has 0 fully saturated rings. The number of benzene rings is 1. The van der Waals surface area contributed by atoms with Crippen molar-refractivity contribution in [3.63, 3.8) is 0 Å². The molecule has 0 aliphatic rings. The molecular formula is C13H13ClFNO4. The SMILES string of the molecule is C=CCOC(=O)N[C@H](Cc1ccc(Cl)c(F)c1)C(=O)O. The monoisotopic (exact) mass is 301 g/mol. The molecule has 1 amide bonds. The van der Waals surface area contributed by atoms with Gasteiger partial charge >= 0.3 is 12.1 Å². The molecule has 0 aliphatic carbocycles. The molecule has 1 atom stereocenters. The van der Waals surface area contributed by atoms with E-state index < -0.39 is 23.9 Å². The molecule has 1 aromatic rings. The van der Waals surface area contributed by atoms with Crippen molar-refractivity contribution in [3.05, 3.63) is 47.3 Å². The van der Waals surface area contributed by atoms with Crippen molar-refractivity contribution in [1.82, 2.24) is 5.32 Å². The minimum absolute atomic E-state index is 0.0340. The number of carbonyl (C=O) groups excluding carboxylic acids is 1. The van der Waals surface area contributed by atoms with E-state index in [0.29, 0.717) is 5.56 Å². The quantitative estimate of drug-likeness (QED) is 0.791. The molecule has 0 aromatic heterocycles. The molecular weight excluding hydrogens is 289 g/mol. The van der Waals surface area contributed by atoms with Crippen LogP contribution in [0.1, 0.15) is 5.56 Å². The maximum Gasteiger partial charge on any atom is 0.408 e. The van der Waals surface area contributed by atoms with Crippen LogP contribution in [0.3, 0.4) is 0 Å². The summed E-state index contributed by atoms with van der Waals surface area (Å²) in [6, 6.07) is 2.70. The summed E-state index contributed by atoms with van der Waals surface area (Å²) in [6.45, 7) is 3.32. The highest BCUT2D eigenvalue weighted by molar-refractivity contribution is 6.30. The van der Waals surface area contributed by atoms with Crippen LogP contribution in [0, 0.1) is 5.82 Å². The van der Waals surface area contributed by atoms with E-state index in [1.165, 1.54) is 18.2 Å². The number of aliphatic carboxylic acids is 1. The standard InChI is InChI=1S/C13H13ClFNO4/c1-2-5-20-13(19)16-11(12(17)18)7-8-3-4-9(14)10(15)6-8/h2-4,6,11H,1,5,7H2,(H,16,19)(H,17,18)/t11-/m1/s1. The van der Waals surface area contributed by atoms with Crippen LogP contribution in [0.15, 0.2) is 30.9 Å². The summed E-state index contributed by atoms with van der Waals surface area (Å²) in [6.07, 6.45) is 0.378. The van der Waals surface area contributed by atoms with Crippen LogP contribution >= 0.6 is 11.6 Å². The van der Waals surface area contributed by atoms with Crippen molar-refractivity contribution in [3.8, 4) is 0 Å². The normalized spacial score (nSPS) is 11.5. The van der Waals surface area contributed by atoms with Crippen molar-refractivity contribution in [2.24, 2.45) is 0 Å². The molecule has 5 nitrogen and oxygen atoms in total. The second-order valence-corrected chi connectivity index (χ2v) is 4.28. The summed E-state index contributed by atoms with van der Waals surface area (Å²) in [4.78, 5) is 22.3. The molecule has 0 unspecified atom stereocenters. The zero-order valence-electron chi connectivity index (χ0n) is 10.4. The Labute approximate surface area is 120 Å². The minimum Gasteiger partial charge on any atom is -0.480 e. The third-order valence-electron chi connectivity index (χ3n) is 2.35. The average molecular weight is 302 g/mol. The number of amides is 1. The summed E-state index contributed by atoms with van der Waals surface area (Å²) < 4.78 is 17.9. The number of carboxylic acid groups (broad SMARTS) is 1. The fraction of sp³-hybridized carbons (Fsp3) is 0.231. The minimum atomic E-state index is -1.25. The largest absolute Gasteiger partial charge is 0.480 e. The first kappa shape index (κ1) is 16.0. The number of carbonyl (C=O) groups is 2. The smallest absolute Gasteiger partial charge is 0.408 e. The average Bonchev–Trinajstić information content (AvgIpc) is 2.39. The van der Waals surface area contributed by atoms with Gasteiger partial charge in [0.15, 0.2) is 0 Å². The molecule has 0 radical (unpaired) electrons. The zero-order valence-corrected chi connectivity index (χ0v) is 11.2. The van der Waals surface area contributed by atoms with Gasteiger partial charge in [-0.15, -0.1) is 0 Å². The maximum absolute atomic E-state index is 13.3. The van der Waals surface area contributed by atoms with Gasteiger partial charge in [0.2, 0.25) is 0 Å². The van der Waals surface area contributed by atoms with Crippen molar-refractivity contribution in [2.45, 2.75) is 12.5 Å². The number of hydrogen-bond acceptors (Lipinski definition) is 3. The molecule has 0 aliphatic heterocycles. The summed E-state index contributed by atoms with van der Waals surface area (Å²) in [7, 11) is 0. The van der Waals surface area contributed by atoms with E-state index >= 15 is 0 Å². The first-order valence-corrected chi connectivity index (χ1v) is 6.02. The first-order valence-electron chi connectivity index (χ1n) is 5.65. The molecule has 0 bridgehead atoms. The Morgan fingerprint density at radius 2 is 2.25 bits per heavy atom. The molecule has 0 spiro atoms. The lowest BCUT2D eigenvalue weighted by molar-refractivity contribution is -0.139. The third-order valence-corrected chi connectivity index (χ3v) is 2.65. The van der Waals surface area contributed by atoms with Crippen molar-refractivity contribution >= 4 is 23.7 Å². The van der Waals surface area contributed by atoms with E-state index in [9.17, 15) is 14.0 Å². The van der Waals surface area contributed by atoms with Gasteiger partial charge in [-0.1, -0.05) is 30.3 Å². The van der Waals surface area contributed by atoms with Gasteiger partial charge in [0, 0.05) is 6.42 Å². The number of ether oxygens (including phenoxy) is 1. The maximum atomic E-state index is 13.3. The van der Waals surface area contributed by atoms with Gasteiger partial charge in [-0.2, -0.15) is 0 Å². The van der Waals surface area contributed by atoms with E-state index in [0.717, 1.165) is 6.07 Å². The predicted molar refractivity (Wildman–Crippen MR) is 71.2 cm³/mol. The molecule has 20 heavy (non-hydrogen) atoms. The van der Waals surface area contributed by atoms with E-state index in [4.69, 9.17) is 16.7 Å². The Hall–Kier alpha value is -2.08. The summed E-state index contributed by atoms with van der Waals surface area (Å²) in [5, 5.41) is 11.1. The van der Waals surface area contributed by atoms with Gasteiger partial charge in [-0.3, -0.25) is 0 Å². The number of hydrogen-bond donors (Lipinski definition) is 2. The Kier molecular flexibility index (Phi) is 5.99. The van der Waals surface area contributed by atoms with Crippen molar-refractivity contribution < 1.29 is 23.8 Å². The van der Waals surface area contributed by atoms with Gasteiger partial charge in [0.05, 0.1) is 5.02 Å². The second kappa shape index (κ2) is 7.49. The molecule has 7 heteroatoms. The highest BCUT2D eigenvalue weighted by Gasteiger charge is 2.21. The first-order chi connectivity index (χ1) is 9.43. The highest BCUT2D eigenvalue weighted by atomic mass is 35.5. The lowest BCUT2D eigenvalue weighted by Gasteiger charge is -2.14. The summed E-state index contributed by atoms with van der Waals surface area (Å²) >= 11 is 5.53. The van der Waals surface area contributed by atoms with Crippen molar-refractivity contribution in [2.75, 3.05) is 6.61 Å². The molecule has 1 aromatic carbocycles. The lowest BCUT2D eigenvalue weighted by Crippen LogP contribution is -2.42. The lowest BCUT2D eigenvalue weighted by atomic mass is 10.1. The summed E-state index contributed by atoms with van der Waals surface area (Å²) in [5.41, 5.74) is 0.392. The molecule has 0 heterocycles. The van der Waals surface area contributed by atoms with Crippen LogP contribution < -0.4 is 5.32 Å². The molecule has 2 N–H and O–H groups in total. The number of alkyl carbamates (subject to hydrolysis) is 1. The Morgan fingerprint density at radius 3 is 2.80 bits per heavy atom. The topological polar surface area (TPSA) is 75.6 Å². The van der Waals surface area contributed by atoms with Gasteiger partial charge in [0.25, 0.3) is 0 Å². The molecule has 0 saturated carbocycles. The molecule has 1 rings (SSSR count). The number of nitrogens with one attached hydrogen (secondary N) is 1. The summed E-state index contributed by atoms with van der Waals surface area (Å²) in [5.74, 6) is -1.90. The van der Waals surface area contributed by atoms with Gasteiger partial charge in [-0.05, 0) is 17.7 Å². The van der Waals surface area contributed by atoms with Crippen molar-refractivity contribution in [1.29, 1.82) is 0 Å². The Bertz CT molecular complexity index is 521. The third kappa shape index (κ3) is 4.89. The fourth-order valence-corrected chi connectivity index (χ4v) is 1.54. The second-order valence-electron chi connectivity index (χ2n) is 3.87. The van der Waals surface area contributed by atoms with Gasteiger partial charge < -0.3 is 15.2 Å². The Morgan fingerprint density at radius 1 is 1.55 bits per heavy atom. The predicted octanol–water partition coefficient (Wildman–Crippen LogP) is 2.39. The van der Waals surface area contributed by atoms with E-state index in [1.807, 2.05) is 0 Å². The van der Waals surface area contributed by atoms with Crippen LogP contribution in [0.4, 0.5) is 9.18 Å². The number of carboxylic acids is 1. The van der Waals surface area contributed by atoms with Crippen LogP contribution in [0.25, 0.3) is 0 Å². The van der Waals surface area contributed by atoms with Gasteiger partial charge in [-0.25, -0.2) is 14.0 Å². The molecule has 0 saturated heterocycles. The van der Waals surface area contributed by atoms with Crippen LogP contribution in [-0.2, 0) is 16.0 Å². The Balaban J connectivity index is 2.71. The van der Waals surface area contributed by atoms with Gasteiger partial charge in [0.1, 0.15) is 18.5 Å². The molecule has 108 valence electrons. The number of halogens is 2. The van der Waals surface area contributed by atoms with Crippen LogP contribution in [-0.4, -0.2) is 29.8 Å². The van der Waals surface area contributed by atoms with E-state index in [-0.39, 0.29) is 18.1 Å². The van der Waals surface area contributed by atoms with Crippen LogP contribution in [0.2, 0.25) is 5.02 Å². The van der Waals surface area contributed by atoms with Crippen LogP contribution in [0.5, 0.6) is 0 Å².